The molecule has 0 aliphatic carbocycles. The van der Waals surface area contributed by atoms with Gasteiger partial charge in [-0.1, -0.05) is 22.0 Å². The number of anilines is 3. The van der Waals surface area contributed by atoms with E-state index in [0.717, 1.165) is 29.6 Å². The number of halogens is 4. The largest absolute Gasteiger partial charge is 0.416 e. The highest BCUT2D eigenvalue weighted by Gasteiger charge is 2.30. The zero-order valence-corrected chi connectivity index (χ0v) is 20.6. The number of urea groups is 1. The van der Waals surface area contributed by atoms with Gasteiger partial charge in [-0.15, -0.1) is 0 Å². The molecule has 0 radical (unpaired) electrons. The van der Waals surface area contributed by atoms with Crippen molar-refractivity contribution in [2.45, 2.75) is 12.6 Å². The summed E-state index contributed by atoms with van der Waals surface area (Å²) in [4.78, 5) is 33.4. The first kappa shape index (κ1) is 25.5. The van der Waals surface area contributed by atoms with Gasteiger partial charge in [0.2, 0.25) is 0 Å². The predicted molar refractivity (Wildman–Crippen MR) is 135 cm³/mol. The summed E-state index contributed by atoms with van der Waals surface area (Å²) in [7, 11) is 0. The second-order valence-corrected chi connectivity index (χ2v) is 9.12. The smallest absolute Gasteiger partial charge is 0.355 e. The first-order valence-corrected chi connectivity index (χ1v) is 12.0. The van der Waals surface area contributed by atoms with E-state index in [4.69, 9.17) is 0 Å². The molecule has 1 aromatic heterocycles. The van der Waals surface area contributed by atoms with E-state index in [0.29, 0.717) is 36.7 Å². The van der Waals surface area contributed by atoms with Gasteiger partial charge in [0.05, 0.1) is 17.4 Å². The molecule has 2 heterocycles. The van der Waals surface area contributed by atoms with Gasteiger partial charge < -0.3 is 20.4 Å². The molecule has 188 valence electrons. The molecule has 11 heteroatoms. The van der Waals surface area contributed by atoms with E-state index in [1.165, 1.54) is 18.3 Å². The van der Waals surface area contributed by atoms with Gasteiger partial charge >= 0.3 is 12.2 Å². The highest BCUT2D eigenvalue weighted by Crippen LogP contribution is 2.30. The lowest BCUT2D eigenvalue weighted by Crippen LogP contribution is -2.35. The van der Waals surface area contributed by atoms with E-state index in [9.17, 15) is 22.8 Å². The minimum Gasteiger partial charge on any atom is -0.355 e. The monoisotopic (exact) mass is 561 g/mol. The number of aromatic nitrogens is 1. The summed E-state index contributed by atoms with van der Waals surface area (Å²) < 4.78 is 39.5. The van der Waals surface area contributed by atoms with Crippen molar-refractivity contribution < 1.29 is 22.8 Å². The number of benzene rings is 2. The molecule has 0 unspecified atom stereocenters. The summed E-state index contributed by atoms with van der Waals surface area (Å²) in [5.41, 5.74) is 0.216. The Morgan fingerprint density at radius 3 is 2.33 bits per heavy atom. The van der Waals surface area contributed by atoms with Crippen LogP contribution < -0.4 is 15.5 Å². The summed E-state index contributed by atoms with van der Waals surface area (Å²) >= 11 is 3.38. The molecular weight excluding hydrogens is 539 g/mol. The molecule has 0 spiro atoms. The number of nitrogens with zero attached hydrogens (tertiary/aromatic N) is 3. The van der Waals surface area contributed by atoms with Crippen molar-refractivity contribution in [2.24, 2.45) is 0 Å². The Morgan fingerprint density at radius 2 is 1.64 bits per heavy atom. The average molecular weight is 562 g/mol. The molecule has 1 saturated heterocycles. The second-order valence-electron chi connectivity index (χ2n) is 8.20. The van der Waals surface area contributed by atoms with Gasteiger partial charge in [-0.2, -0.15) is 13.2 Å². The molecule has 0 atom stereocenters. The predicted octanol–water partition coefficient (Wildman–Crippen LogP) is 5.86. The van der Waals surface area contributed by atoms with E-state index in [1.54, 1.807) is 24.3 Å². The second kappa shape index (κ2) is 11.0. The highest BCUT2D eigenvalue weighted by atomic mass is 79.9. The Bertz CT molecular complexity index is 1220. The van der Waals surface area contributed by atoms with E-state index in [1.807, 2.05) is 17.0 Å². The molecule has 1 fully saturated rings. The molecule has 0 saturated carbocycles. The number of hydrogen-bond acceptors (Lipinski definition) is 4. The Hall–Kier alpha value is -3.60. The average Bonchev–Trinajstić information content (AvgIpc) is 3.11. The van der Waals surface area contributed by atoms with Crippen LogP contribution in [0.5, 0.6) is 0 Å². The van der Waals surface area contributed by atoms with Crippen molar-refractivity contribution in [3.8, 4) is 0 Å². The maximum atomic E-state index is 12.9. The molecule has 3 amide bonds. The third kappa shape index (κ3) is 6.54. The molecule has 2 N–H and O–H groups in total. The van der Waals surface area contributed by atoms with Crippen molar-refractivity contribution in [2.75, 3.05) is 41.7 Å². The Morgan fingerprint density at radius 1 is 0.889 bits per heavy atom. The van der Waals surface area contributed by atoms with Gasteiger partial charge in [0.1, 0.15) is 5.82 Å². The number of alkyl halides is 3. The molecule has 36 heavy (non-hydrogen) atoms. The van der Waals surface area contributed by atoms with Crippen molar-refractivity contribution in [3.05, 3.63) is 82.5 Å². The SMILES string of the molecule is O=C(Nc1ccc(N2CCCN(C(=O)c3ccc(Br)cc3)CC2)nc1)Nc1cccc(C(F)(F)F)c1. The normalized spacial score (nSPS) is 14.2. The molecule has 1 aliphatic rings. The lowest BCUT2D eigenvalue weighted by Gasteiger charge is -2.23. The Balaban J connectivity index is 1.32. The molecule has 2 aromatic carbocycles. The van der Waals surface area contributed by atoms with Crippen LogP contribution in [0, 0.1) is 0 Å². The summed E-state index contributed by atoms with van der Waals surface area (Å²) in [6, 6.07) is 14.4. The fourth-order valence-corrected chi connectivity index (χ4v) is 4.10. The van der Waals surface area contributed by atoms with Crippen molar-refractivity contribution in [1.29, 1.82) is 0 Å². The van der Waals surface area contributed by atoms with Gasteiger partial charge in [0.25, 0.3) is 5.91 Å². The standard InChI is InChI=1S/C25H23BrF3N5O2/c26-19-7-5-17(6-8-19)23(35)34-12-2-11-33(13-14-34)22-10-9-21(16-30-22)32-24(36)31-20-4-1-3-18(15-20)25(27,28)29/h1,3-10,15-16H,2,11-14H2,(H2,31,32,36). The zero-order chi connectivity index (χ0) is 25.7. The van der Waals surface area contributed by atoms with Gasteiger partial charge in [-0.05, 0) is 61.0 Å². The number of hydrogen-bond donors (Lipinski definition) is 2. The van der Waals surface area contributed by atoms with E-state index in [2.05, 4.69) is 36.4 Å². The summed E-state index contributed by atoms with van der Waals surface area (Å²) in [6.07, 6.45) is -2.23. The quantitative estimate of drug-likeness (QED) is 0.418. The third-order valence-corrected chi connectivity index (χ3v) is 6.18. The maximum Gasteiger partial charge on any atom is 0.416 e. The first-order chi connectivity index (χ1) is 17.2. The van der Waals surface area contributed by atoms with Gasteiger partial charge in [0.15, 0.2) is 0 Å². The molecule has 7 nitrogen and oxygen atoms in total. The molecule has 3 aromatic rings. The lowest BCUT2D eigenvalue weighted by atomic mass is 10.2. The number of carbonyl (C=O) groups excluding carboxylic acids is 2. The molecular formula is C25H23BrF3N5O2. The fourth-order valence-electron chi connectivity index (χ4n) is 3.84. The van der Waals surface area contributed by atoms with Crippen LogP contribution in [-0.4, -0.2) is 48.0 Å². The minimum atomic E-state index is -4.50. The summed E-state index contributed by atoms with van der Waals surface area (Å²) in [6.45, 7) is 2.52. The Kier molecular flexibility index (Phi) is 7.78. The van der Waals surface area contributed by atoms with Crippen LogP contribution in [0.2, 0.25) is 0 Å². The van der Waals surface area contributed by atoms with Crippen LogP contribution in [-0.2, 0) is 6.18 Å². The fraction of sp³-hybridized carbons (Fsp3) is 0.240. The molecule has 4 rings (SSSR count). The number of amides is 3. The zero-order valence-electron chi connectivity index (χ0n) is 19.1. The van der Waals surface area contributed by atoms with E-state index in [-0.39, 0.29) is 11.6 Å². The van der Waals surface area contributed by atoms with Gasteiger partial charge in [-0.25, -0.2) is 9.78 Å². The van der Waals surface area contributed by atoms with Gasteiger partial charge in [-0.3, -0.25) is 4.79 Å². The van der Waals surface area contributed by atoms with Crippen LogP contribution in [0.1, 0.15) is 22.3 Å². The Labute approximate surface area is 214 Å². The first-order valence-electron chi connectivity index (χ1n) is 11.2. The number of pyridine rings is 1. The van der Waals surface area contributed by atoms with Crippen LogP contribution >= 0.6 is 15.9 Å². The molecule has 1 aliphatic heterocycles. The van der Waals surface area contributed by atoms with Crippen LogP contribution in [0.15, 0.2) is 71.3 Å². The number of carbonyl (C=O) groups is 2. The number of nitrogens with one attached hydrogen (secondary N) is 2. The van der Waals surface area contributed by atoms with Crippen LogP contribution in [0.25, 0.3) is 0 Å². The minimum absolute atomic E-state index is 0.0105. The lowest BCUT2D eigenvalue weighted by molar-refractivity contribution is -0.137. The molecule has 0 bridgehead atoms. The highest BCUT2D eigenvalue weighted by molar-refractivity contribution is 9.10. The summed E-state index contributed by atoms with van der Waals surface area (Å²) in [5, 5.41) is 4.96. The topological polar surface area (TPSA) is 77.6 Å². The maximum absolute atomic E-state index is 12.9. The van der Waals surface area contributed by atoms with Crippen LogP contribution in [0.4, 0.5) is 35.2 Å². The van der Waals surface area contributed by atoms with Crippen molar-refractivity contribution >= 4 is 45.1 Å². The van der Waals surface area contributed by atoms with E-state index < -0.39 is 17.8 Å². The van der Waals surface area contributed by atoms with E-state index >= 15 is 0 Å². The van der Waals surface area contributed by atoms with Crippen molar-refractivity contribution in [3.63, 3.8) is 0 Å². The number of rotatable bonds is 4. The summed E-state index contributed by atoms with van der Waals surface area (Å²) in [5.74, 6) is 0.695. The van der Waals surface area contributed by atoms with Crippen molar-refractivity contribution in [1.82, 2.24) is 9.88 Å². The third-order valence-electron chi connectivity index (χ3n) is 5.65. The van der Waals surface area contributed by atoms with Crippen LogP contribution in [0.3, 0.4) is 0 Å². The van der Waals surface area contributed by atoms with Gasteiger partial charge in [0, 0.05) is 41.9 Å².